The fourth-order valence-electron chi connectivity index (χ4n) is 5.02. The highest BCUT2D eigenvalue weighted by Gasteiger charge is 2.62. The number of H-pyrrole nitrogens is 1. The van der Waals surface area contributed by atoms with Crippen LogP contribution in [0, 0.1) is 5.41 Å². The van der Waals surface area contributed by atoms with E-state index in [1.165, 1.54) is 5.57 Å². The summed E-state index contributed by atoms with van der Waals surface area (Å²) in [7, 11) is 0. The Bertz CT molecular complexity index is 1010. The fourth-order valence-corrected chi connectivity index (χ4v) is 5.02. The van der Waals surface area contributed by atoms with E-state index in [0.29, 0.717) is 12.8 Å². The molecule has 2 N–H and O–H groups in total. The van der Waals surface area contributed by atoms with Crippen molar-refractivity contribution in [3.05, 3.63) is 71.1 Å². The van der Waals surface area contributed by atoms with Crippen LogP contribution in [0.25, 0.3) is 5.69 Å². The molecule has 0 radical (unpaired) electrons. The van der Waals surface area contributed by atoms with Crippen molar-refractivity contribution in [3.63, 3.8) is 0 Å². The van der Waals surface area contributed by atoms with Gasteiger partial charge in [-0.3, -0.25) is 0 Å². The molecule has 1 fully saturated rings. The quantitative estimate of drug-likeness (QED) is 0.361. The first-order valence-electron chi connectivity index (χ1n) is 11.9. The van der Waals surface area contributed by atoms with Gasteiger partial charge in [-0.05, 0) is 82.9 Å². The van der Waals surface area contributed by atoms with Crippen molar-refractivity contribution in [1.29, 1.82) is 0 Å². The molecule has 2 aliphatic carbocycles. The summed E-state index contributed by atoms with van der Waals surface area (Å²) in [6.45, 7) is 3.85. The molecule has 6 heteroatoms. The third kappa shape index (κ3) is 5.43. The molecule has 178 valence electrons. The summed E-state index contributed by atoms with van der Waals surface area (Å²) in [6.07, 6.45) is 7.05. The maximum absolute atomic E-state index is 13.5. The maximum Gasteiger partial charge on any atom is 0.394 e. The zero-order chi connectivity index (χ0) is 23.7. The van der Waals surface area contributed by atoms with Crippen LogP contribution in [0.15, 0.2) is 65.5 Å². The van der Waals surface area contributed by atoms with Gasteiger partial charge in [-0.1, -0.05) is 27.5 Å². The minimum absolute atomic E-state index is 0.161. The van der Waals surface area contributed by atoms with Gasteiger partial charge in [0.25, 0.3) is 0 Å². The van der Waals surface area contributed by atoms with E-state index in [1.54, 1.807) is 0 Å². The highest BCUT2D eigenvalue weighted by molar-refractivity contribution is 5.32. The van der Waals surface area contributed by atoms with Crippen molar-refractivity contribution in [2.45, 2.75) is 83.4 Å². The SMILES string of the molecule is C/C1=C(\CC2(C(F)(F)F)CC2)CC/C=C(/CC(C)(O)c2ccc(-[n+]3ccc[nH]3)cc2)CCC1. The highest BCUT2D eigenvalue weighted by atomic mass is 19.4. The number of nitrogens with zero attached hydrogens (tertiary/aromatic N) is 1. The Balaban J connectivity index is 1.42. The molecular weight excluding hydrogens is 425 g/mol. The largest absolute Gasteiger partial charge is 0.394 e. The molecule has 1 aromatic heterocycles. The van der Waals surface area contributed by atoms with Crippen LogP contribution in [0.5, 0.6) is 0 Å². The topological polar surface area (TPSA) is 39.9 Å². The zero-order valence-corrected chi connectivity index (χ0v) is 19.5. The van der Waals surface area contributed by atoms with Crippen molar-refractivity contribution in [1.82, 2.24) is 5.10 Å². The second-order valence-electron chi connectivity index (χ2n) is 10.1. The lowest BCUT2D eigenvalue weighted by Gasteiger charge is -2.25. The van der Waals surface area contributed by atoms with Crippen LogP contribution >= 0.6 is 0 Å². The predicted octanol–water partition coefficient (Wildman–Crippen LogP) is 6.83. The lowest BCUT2D eigenvalue weighted by molar-refractivity contribution is -0.655. The second kappa shape index (κ2) is 9.13. The van der Waals surface area contributed by atoms with E-state index in [9.17, 15) is 18.3 Å². The third-order valence-electron chi connectivity index (χ3n) is 7.42. The maximum atomic E-state index is 13.5. The second-order valence-corrected chi connectivity index (χ2v) is 10.1. The van der Waals surface area contributed by atoms with E-state index < -0.39 is 17.2 Å². The van der Waals surface area contributed by atoms with Crippen LogP contribution in [0.3, 0.4) is 0 Å². The number of benzene rings is 1. The summed E-state index contributed by atoms with van der Waals surface area (Å²) in [5, 5.41) is 14.4. The number of hydrogen-bond acceptors (Lipinski definition) is 1. The summed E-state index contributed by atoms with van der Waals surface area (Å²) in [5.41, 5.74) is 2.68. The average molecular weight is 460 g/mol. The molecule has 0 amide bonds. The van der Waals surface area contributed by atoms with Crippen LogP contribution in [0.4, 0.5) is 13.2 Å². The Labute approximate surface area is 194 Å². The van der Waals surface area contributed by atoms with Crippen LogP contribution in [-0.2, 0) is 5.60 Å². The summed E-state index contributed by atoms with van der Waals surface area (Å²) in [5.74, 6) is 0. The molecule has 0 spiro atoms. The van der Waals surface area contributed by atoms with Crippen molar-refractivity contribution >= 4 is 0 Å². The summed E-state index contributed by atoms with van der Waals surface area (Å²) in [4.78, 5) is 0. The van der Waals surface area contributed by atoms with E-state index >= 15 is 0 Å². The molecule has 1 saturated carbocycles. The van der Waals surface area contributed by atoms with E-state index in [4.69, 9.17) is 0 Å². The molecule has 1 heterocycles. The number of rotatable bonds is 6. The first-order chi connectivity index (χ1) is 15.6. The van der Waals surface area contributed by atoms with Crippen LogP contribution < -0.4 is 4.68 Å². The first-order valence-corrected chi connectivity index (χ1v) is 11.9. The molecule has 0 aliphatic heterocycles. The molecule has 0 saturated heterocycles. The standard InChI is InChI=1S/C27H33F3N2O/c1-20-6-3-7-21(8-4-9-22(20)19-26(14-15-26)27(28,29)30)18-25(2,33)23-10-12-24(13-11-23)32-17-5-16-31-32/h5,8,10-13,16-17,33H,3-4,6-7,9,14-15,18-19H2,1-2H3/p+1/b21-8+,22-20+. The van der Waals surface area contributed by atoms with E-state index in [1.807, 2.05) is 61.3 Å². The molecule has 3 nitrogen and oxygen atoms in total. The van der Waals surface area contributed by atoms with Crippen molar-refractivity contribution in [3.8, 4) is 5.69 Å². The molecule has 4 rings (SSSR count). The number of nitrogens with one attached hydrogen (secondary N) is 1. The molecule has 1 unspecified atom stereocenters. The minimum atomic E-state index is -4.10. The number of aromatic amines is 1. The van der Waals surface area contributed by atoms with Crippen molar-refractivity contribution < 1.29 is 23.0 Å². The number of hydrogen-bond donors (Lipinski definition) is 2. The van der Waals surface area contributed by atoms with Crippen LogP contribution in [0.2, 0.25) is 0 Å². The number of alkyl halides is 3. The summed E-state index contributed by atoms with van der Waals surface area (Å²) >= 11 is 0. The summed E-state index contributed by atoms with van der Waals surface area (Å²) in [6, 6.07) is 9.78. The molecule has 0 bridgehead atoms. The van der Waals surface area contributed by atoms with Crippen LogP contribution in [0.1, 0.15) is 77.2 Å². The van der Waals surface area contributed by atoms with Gasteiger partial charge < -0.3 is 5.11 Å². The van der Waals surface area contributed by atoms with Gasteiger partial charge in [0.05, 0.1) is 17.2 Å². The number of halogens is 3. The zero-order valence-electron chi connectivity index (χ0n) is 19.5. The Kier molecular flexibility index (Phi) is 6.59. The Morgan fingerprint density at radius 1 is 1.09 bits per heavy atom. The number of aromatic nitrogens is 2. The molecule has 1 aromatic carbocycles. The number of aliphatic hydroxyl groups is 1. The van der Waals surface area contributed by atoms with Crippen LogP contribution in [-0.4, -0.2) is 16.4 Å². The molecule has 1 atom stereocenters. The predicted molar refractivity (Wildman–Crippen MR) is 123 cm³/mol. The average Bonchev–Trinajstić information content (AvgIpc) is 3.33. The Hall–Kier alpha value is -2.34. The van der Waals surface area contributed by atoms with Gasteiger partial charge in [0, 0.05) is 24.6 Å². The Morgan fingerprint density at radius 3 is 2.42 bits per heavy atom. The molecule has 33 heavy (non-hydrogen) atoms. The summed E-state index contributed by atoms with van der Waals surface area (Å²) < 4.78 is 42.4. The smallest absolute Gasteiger partial charge is 0.385 e. The first kappa shape index (κ1) is 23.8. The van der Waals surface area contributed by atoms with Crippen molar-refractivity contribution in [2.24, 2.45) is 5.41 Å². The molecular formula is C27H34F3N2O+. The molecule has 2 aromatic rings. The van der Waals surface area contributed by atoms with Gasteiger partial charge >= 0.3 is 6.18 Å². The lowest BCUT2D eigenvalue weighted by atomic mass is 9.86. The van der Waals surface area contributed by atoms with Crippen molar-refractivity contribution in [2.75, 3.05) is 0 Å². The number of allylic oxidation sites excluding steroid dienone is 3. The molecule has 2 aliphatic rings. The van der Waals surface area contributed by atoms with Gasteiger partial charge in [0.2, 0.25) is 11.9 Å². The van der Waals surface area contributed by atoms with Gasteiger partial charge in [0.15, 0.2) is 0 Å². The Morgan fingerprint density at radius 2 is 1.82 bits per heavy atom. The fraction of sp³-hybridized carbons (Fsp3) is 0.519. The normalized spacial score (nSPS) is 24.7. The van der Waals surface area contributed by atoms with Gasteiger partial charge in [-0.25, -0.2) is 0 Å². The highest BCUT2D eigenvalue weighted by Crippen LogP contribution is 2.61. The monoisotopic (exact) mass is 459 g/mol. The van der Waals surface area contributed by atoms with E-state index in [2.05, 4.69) is 11.2 Å². The third-order valence-corrected chi connectivity index (χ3v) is 7.42. The van der Waals surface area contributed by atoms with Gasteiger partial charge in [-0.15, -0.1) is 0 Å². The van der Waals surface area contributed by atoms with Gasteiger partial charge in [0.1, 0.15) is 0 Å². The van der Waals surface area contributed by atoms with E-state index in [0.717, 1.165) is 48.1 Å². The lowest BCUT2D eigenvalue weighted by Crippen LogP contribution is -2.31. The van der Waals surface area contributed by atoms with Gasteiger partial charge in [-0.2, -0.15) is 18.3 Å². The van der Waals surface area contributed by atoms with E-state index in [-0.39, 0.29) is 19.3 Å². The minimum Gasteiger partial charge on any atom is -0.385 e.